The van der Waals surface area contributed by atoms with Crippen molar-refractivity contribution in [2.45, 2.75) is 20.1 Å². The van der Waals surface area contributed by atoms with E-state index in [0.717, 1.165) is 12.2 Å². The Kier molecular flexibility index (Phi) is 4.30. The van der Waals surface area contributed by atoms with E-state index in [-0.39, 0.29) is 12.4 Å². The summed E-state index contributed by atoms with van der Waals surface area (Å²) in [6.07, 6.45) is 0. The lowest BCUT2D eigenvalue weighted by Gasteiger charge is -2.02. The van der Waals surface area contributed by atoms with Crippen molar-refractivity contribution < 1.29 is 13.7 Å². The maximum atomic E-state index is 12.9. The van der Waals surface area contributed by atoms with E-state index in [1.54, 1.807) is 12.1 Å². The van der Waals surface area contributed by atoms with Gasteiger partial charge in [0.25, 0.3) is 0 Å². The van der Waals surface area contributed by atoms with E-state index in [1.807, 2.05) is 13.0 Å². The molecule has 2 rings (SSSR count). The van der Waals surface area contributed by atoms with E-state index in [0.29, 0.717) is 18.1 Å². The van der Waals surface area contributed by atoms with Crippen molar-refractivity contribution in [2.24, 2.45) is 0 Å². The van der Waals surface area contributed by atoms with Crippen molar-refractivity contribution in [3.63, 3.8) is 0 Å². The number of rotatable bonds is 6. The Balaban J connectivity index is 1.88. The van der Waals surface area contributed by atoms with Crippen molar-refractivity contribution in [3.05, 3.63) is 47.6 Å². The quantitative estimate of drug-likeness (QED) is 0.855. The summed E-state index contributed by atoms with van der Waals surface area (Å²) in [5.74, 6) is 0.768. The first-order valence-electron chi connectivity index (χ1n) is 5.81. The smallest absolute Gasteiger partial charge is 0.174 e. The minimum absolute atomic E-state index is 0.239. The fourth-order valence-electron chi connectivity index (χ4n) is 1.47. The van der Waals surface area contributed by atoms with Gasteiger partial charge in [0.2, 0.25) is 0 Å². The summed E-state index contributed by atoms with van der Waals surface area (Å²) < 4.78 is 23.4. The molecule has 1 aromatic heterocycles. The second-order valence-electron chi connectivity index (χ2n) is 3.81. The molecule has 0 atom stereocenters. The number of benzene rings is 1. The van der Waals surface area contributed by atoms with Gasteiger partial charge in [-0.1, -0.05) is 18.1 Å². The third-order valence-electron chi connectivity index (χ3n) is 2.34. The second-order valence-corrected chi connectivity index (χ2v) is 3.81. The van der Waals surface area contributed by atoms with Gasteiger partial charge in [0.05, 0.1) is 5.69 Å². The SMILES string of the molecule is CCNCc1cc(COc2cccc(F)c2)on1. The Hall–Kier alpha value is -1.88. The van der Waals surface area contributed by atoms with Crippen LogP contribution in [0.1, 0.15) is 18.4 Å². The number of aromatic nitrogens is 1. The third kappa shape index (κ3) is 3.56. The van der Waals surface area contributed by atoms with Crippen LogP contribution in [0.25, 0.3) is 0 Å². The van der Waals surface area contributed by atoms with Gasteiger partial charge in [0.1, 0.15) is 18.2 Å². The van der Waals surface area contributed by atoms with Gasteiger partial charge in [-0.25, -0.2) is 4.39 Å². The zero-order valence-electron chi connectivity index (χ0n) is 10.1. The van der Waals surface area contributed by atoms with Gasteiger partial charge >= 0.3 is 0 Å². The summed E-state index contributed by atoms with van der Waals surface area (Å²) in [6.45, 7) is 3.80. The second kappa shape index (κ2) is 6.16. The van der Waals surface area contributed by atoms with Crippen molar-refractivity contribution >= 4 is 0 Å². The molecule has 0 radical (unpaired) electrons. The molecule has 0 bridgehead atoms. The summed E-state index contributed by atoms with van der Waals surface area (Å²) >= 11 is 0. The number of nitrogens with one attached hydrogen (secondary N) is 1. The van der Waals surface area contributed by atoms with Crippen LogP contribution in [0.4, 0.5) is 4.39 Å². The zero-order chi connectivity index (χ0) is 12.8. The molecule has 0 fully saturated rings. The molecule has 18 heavy (non-hydrogen) atoms. The lowest BCUT2D eigenvalue weighted by Crippen LogP contribution is -2.11. The molecule has 0 amide bonds. The molecule has 0 unspecified atom stereocenters. The summed E-state index contributed by atoms with van der Waals surface area (Å²) in [7, 11) is 0. The lowest BCUT2D eigenvalue weighted by molar-refractivity contribution is 0.247. The molecule has 96 valence electrons. The number of hydrogen-bond donors (Lipinski definition) is 1. The minimum atomic E-state index is -0.321. The van der Waals surface area contributed by atoms with Crippen LogP contribution >= 0.6 is 0 Å². The summed E-state index contributed by atoms with van der Waals surface area (Å²) in [6, 6.07) is 7.81. The number of ether oxygens (including phenoxy) is 1. The summed E-state index contributed by atoms with van der Waals surface area (Å²) in [5.41, 5.74) is 0.828. The van der Waals surface area contributed by atoms with E-state index < -0.39 is 0 Å². The van der Waals surface area contributed by atoms with Gasteiger partial charge in [-0.15, -0.1) is 0 Å². The monoisotopic (exact) mass is 250 g/mol. The predicted molar refractivity (Wildman–Crippen MR) is 64.6 cm³/mol. The van der Waals surface area contributed by atoms with Gasteiger partial charge in [-0.05, 0) is 18.7 Å². The van der Waals surface area contributed by atoms with Crippen LogP contribution in [-0.2, 0) is 13.2 Å². The van der Waals surface area contributed by atoms with Crippen LogP contribution < -0.4 is 10.1 Å². The summed E-state index contributed by atoms with van der Waals surface area (Å²) in [4.78, 5) is 0. The van der Waals surface area contributed by atoms with Crippen LogP contribution in [0.15, 0.2) is 34.9 Å². The van der Waals surface area contributed by atoms with Gasteiger partial charge in [-0.3, -0.25) is 0 Å². The van der Waals surface area contributed by atoms with Crippen LogP contribution in [0.3, 0.4) is 0 Å². The molecule has 2 aromatic rings. The number of hydrogen-bond acceptors (Lipinski definition) is 4. The highest BCUT2D eigenvalue weighted by atomic mass is 19.1. The Morgan fingerprint density at radius 1 is 1.39 bits per heavy atom. The molecule has 1 heterocycles. The van der Waals surface area contributed by atoms with E-state index in [9.17, 15) is 4.39 Å². The average molecular weight is 250 g/mol. The van der Waals surface area contributed by atoms with Crippen molar-refractivity contribution in [3.8, 4) is 5.75 Å². The van der Waals surface area contributed by atoms with Crippen molar-refractivity contribution in [2.75, 3.05) is 6.54 Å². The maximum absolute atomic E-state index is 12.9. The van der Waals surface area contributed by atoms with Gasteiger partial charge in [0.15, 0.2) is 5.76 Å². The predicted octanol–water partition coefficient (Wildman–Crippen LogP) is 2.50. The Morgan fingerprint density at radius 3 is 3.06 bits per heavy atom. The highest BCUT2D eigenvalue weighted by Crippen LogP contribution is 2.14. The van der Waals surface area contributed by atoms with Gasteiger partial charge < -0.3 is 14.6 Å². The zero-order valence-corrected chi connectivity index (χ0v) is 10.1. The van der Waals surface area contributed by atoms with Crippen LogP contribution in [0.2, 0.25) is 0 Å². The van der Waals surface area contributed by atoms with E-state index >= 15 is 0 Å². The van der Waals surface area contributed by atoms with Crippen molar-refractivity contribution in [1.29, 1.82) is 0 Å². The average Bonchev–Trinajstić information content (AvgIpc) is 2.82. The van der Waals surface area contributed by atoms with Gasteiger partial charge in [0, 0.05) is 18.7 Å². The number of halogens is 1. The van der Waals surface area contributed by atoms with Gasteiger partial charge in [-0.2, -0.15) is 0 Å². The normalized spacial score (nSPS) is 10.6. The highest BCUT2D eigenvalue weighted by Gasteiger charge is 2.05. The van der Waals surface area contributed by atoms with Crippen LogP contribution in [0, 0.1) is 5.82 Å². The van der Waals surface area contributed by atoms with E-state index in [2.05, 4.69) is 10.5 Å². The molecule has 5 heteroatoms. The molecule has 4 nitrogen and oxygen atoms in total. The Morgan fingerprint density at radius 2 is 2.28 bits per heavy atom. The first kappa shape index (κ1) is 12.6. The molecule has 0 aliphatic heterocycles. The maximum Gasteiger partial charge on any atom is 0.174 e. The molecule has 0 aliphatic rings. The molecular formula is C13H15FN2O2. The first-order chi connectivity index (χ1) is 8.78. The molecule has 0 saturated carbocycles. The molecule has 0 saturated heterocycles. The van der Waals surface area contributed by atoms with E-state index in [1.165, 1.54) is 12.1 Å². The topological polar surface area (TPSA) is 47.3 Å². The highest BCUT2D eigenvalue weighted by molar-refractivity contribution is 5.22. The fraction of sp³-hybridized carbons (Fsp3) is 0.308. The lowest BCUT2D eigenvalue weighted by atomic mass is 10.3. The van der Waals surface area contributed by atoms with Crippen LogP contribution in [-0.4, -0.2) is 11.7 Å². The molecule has 1 N–H and O–H groups in total. The first-order valence-corrected chi connectivity index (χ1v) is 5.81. The molecule has 0 aliphatic carbocycles. The molecule has 0 spiro atoms. The van der Waals surface area contributed by atoms with Crippen molar-refractivity contribution in [1.82, 2.24) is 10.5 Å². The minimum Gasteiger partial charge on any atom is -0.485 e. The number of nitrogens with zero attached hydrogens (tertiary/aromatic N) is 1. The van der Waals surface area contributed by atoms with Crippen LogP contribution in [0.5, 0.6) is 5.75 Å². The Labute approximate surface area is 105 Å². The van der Waals surface area contributed by atoms with E-state index in [4.69, 9.17) is 9.26 Å². The third-order valence-corrected chi connectivity index (χ3v) is 2.34. The molecule has 1 aromatic carbocycles. The standard InChI is InChI=1S/C13H15FN2O2/c1-2-15-8-11-7-13(18-16-11)9-17-12-5-3-4-10(14)6-12/h3-7,15H,2,8-9H2,1H3. The summed E-state index contributed by atoms with van der Waals surface area (Å²) in [5, 5.41) is 7.04. The largest absolute Gasteiger partial charge is 0.485 e. The fourth-order valence-corrected chi connectivity index (χ4v) is 1.47. The molecular weight excluding hydrogens is 235 g/mol. The Bertz CT molecular complexity index is 499.